The Morgan fingerprint density at radius 2 is 1.86 bits per heavy atom. The van der Waals surface area contributed by atoms with Crippen LogP contribution < -0.4 is 14.8 Å². The zero-order chi connectivity index (χ0) is 15.1. The second-order valence-corrected chi connectivity index (χ2v) is 5.01. The van der Waals surface area contributed by atoms with Crippen LogP contribution in [0.4, 0.5) is 5.95 Å². The molecule has 6 nitrogen and oxygen atoms in total. The number of ether oxygens (including phenoxy) is 2. The fraction of sp³-hybridized carbons (Fsp3) is 0.357. The summed E-state index contributed by atoms with van der Waals surface area (Å²) in [5.74, 6) is 1.34. The average Bonchev–Trinajstić information content (AvgIpc) is 2.48. The van der Waals surface area contributed by atoms with Gasteiger partial charge in [-0.25, -0.2) is 0 Å². The highest BCUT2D eigenvalue weighted by molar-refractivity contribution is 7.99. The zero-order valence-corrected chi connectivity index (χ0v) is 13.1. The van der Waals surface area contributed by atoms with Gasteiger partial charge in [-0.05, 0) is 49.9 Å². The van der Waals surface area contributed by atoms with Crippen LogP contribution in [0, 0.1) is 0 Å². The summed E-state index contributed by atoms with van der Waals surface area (Å²) in [6, 6.07) is 8.05. The first-order valence-electron chi connectivity index (χ1n) is 6.69. The second kappa shape index (κ2) is 7.68. The van der Waals surface area contributed by atoms with E-state index in [-0.39, 0.29) is 0 Å². The van der Waals surface area contributed by atoms with Crippen molar-refractivity contribution in [2.75, 3.05) is 25.6 Å². The number of nitrogens with zero attached hydrogens (tertiary/aromatic N) is 3. The third kappa shape index (κ3) is 4.49. The van der Waals surface area contributed by atoms with Crippen LogP contribution in [0.25, 0.3) is 0 Å². The molecule has 0 saturated heterocycles. The Hall–Kier alpha value is -2.02. The summed E-state index contributed by atoms with van der Waals surface area (Å²) < 4.78 is 10.5. The quantitative estimate of drug-likeness (QED) is 0.843. The highest BCUT2D eigenvalue weighted by Gasteiger charge is 2.08. The van der Waals surface area contributed by atoms with Crippen LogP contribution in [0.5, 0.6) is 11.8 Å². The molecule has 21 heavy (non-hydrogen) atoms. The van der Waals surface area contributed by atoms with Gasteiger partial charge in [-0.3, -0.25) is 0 Å². The Bertz CT molecular complexity index is 553. The molecule has 0 aliphatic rings. The smallest absolute Gasteiger partial charge is 0.322 e. The first-order valence-corrected chi connectivity index (χ1v) is 7.51. The summed E-state index contributed by atoms with van der Waals surface area (Å²) in [6.45, 7) is 5.14. The number of methoxy groups -OCH3 is 1. The molecule has 2 rings (SSSR count). The molecule has 112 valence electrons. The van der Waals surface area contributed by atoms with Crippen LogP contribution >= 0.6 is 11.8 Å². The molecule has 1 aromatic heterocycles. The lowest BCUT2D eigenvalue weighted by molar-refractivity contribution is 0.308. The molecular weight excluding hydrogens is 288 g/mol. The van der Waals surface area contributed by atoms with Crippen LogP contribution in [0.1, 0.15) is 13.8 Å². The van der Waals surface area contributed by atoms with Gasteiger partial charge in [0, 0.05) is 11.4 Å². The first-order chi connectivity index (χ1) is 10.2. The highest BCUT2D eigenvalue weighted by Crippen LogP contribution is 2.27. The minimum Gasteiger partial charge on any atom is -0.497 e. The maximum absolute atomic E-state index is 5.37. The van der Waals surface area contributed by atoms with Crippen molar-refractivity contribution in [2.24, 2.45) is 0 Å². The first kappa shape index (κ1) is 15.4. The van der Waals surface area contributed by atoms with E-state index < -0.39 is 0 Å². The maximum Gasteiger partial charge on any atom is 0.322 e. The van der Waals surface area contributed by atoms with Gasteiger partial charge in [0.2, 0.25) is 11.1 Å². The SMILES string of the molecule is CCNc1nc(OCC)nc(Sc2ccc(OC)cc2)n1. The van der Waals surface area contributed by atoms with Crippen molar-refractivity contribution >= 4 is 17.7 Å². The predicted molar refractivity (Wildman–Crippen MR) is 82.3 cm³/mol. The van der Waals surface area contributed by atoms with Gasteiger partial charge in [0.15, 0.2) is 0 Å². The Kier molecular flexibility index (Phi) is 5.62. The summed E-state index contributed by atoms with van der Waals surface area (Å²) in [5, 5.41) is 3.67. The Morgan fingerprint density at radius 1 is 1.10 bits per heavy atom. The molecule has 0 bridgehead atoms. The molecule has 7 heteroatoms. The number of hydrogen-bond donors (Lipinski definition) is 1. The standard InChI is InChI=1S/C14H18N4O2S/c1-4-15-12-16-13(20-5-2)18-14(17-12)21-11-8-6-10(19-3)7-9-11/h6-9H,4-5H2,1-3H3,(H,15,16,17,18). The molecule has 0 aliphatic carbocycles. The minimum atomic E-state index is 0.333. The van der Waals surface area contributed by atoms with E-state index in [0.29, 0.717) is 23.7 Å². The number of rotatable bonds is 7. The van der Waals surface area contributed by atoms with E-state index in [0.717, 1.165) is 17.2 Å². The average molecular weight is 306 g/mol. The second-order valence-electron chi connectivity index (χ2n) is 3.97. The van der Waals surface area contributed by atoms with Crippen molar-refractivity contribution < 1.29 is 9.47 Å². The van der Waals surface area contributed by atoms with Crippen LogP contribution in [0.2, 0.25) is 0 Å². The molecule has 0 fully saturated rings. The van der Waals surface area contributed by atoms with Gasteiger partial charge < -0.3 is 14.8 Å². The Morgan fingerprint density at radius 3 is 2.48 bits per heavy atom. The molecule has 0 unspecified atom stereocenters. The van der Waals surface area contributed by atoms with Crippen molar-refractivity contribution in [3.63, 3.8) is 0 Å². The van der Waals surface area contributed by atoms with Crippen LogP contribution in [-0.4, -0.2) is 35.2 Å². The van der Waals surface area contributed by atoms with Crippen LogP contribution in [-0.2, 0) is 0 Å². The van der Waals surface area contributed by atoms with Crippen molar-refractivity contribution in [2.45, 2.75) is 23.9 Å². The molecular formula is C14H18N4O2S. The minimum absolute atomic E-state index is 0.333. The van der Waals surface area contributed by atoms with Crippen LogP contribution in [0.3, 0.4) is 0 Å². The largest absolute Gasteiger partial charge is 0.497 e. The van der Waals surface area contributed by atoms with E-state index in [1.807, 2.05) is 38.1 Å². The van der Waals surface area contributed by atoms with Crippen molar-refractivity contribution in [1.29, 1.82) is 0 Å². The third-order valence-corrected chi connectivity index (χ3v) is 3.34. The van der Waals surface area contributed by atoms with E-state index in [1.54, 1.807) is 7.11 Å². The summed E-state index contributed by atoms with van der Waals surface area (Å²) in [7, 11) is 1.64. The molecule has 1 N–H and O–H groups in total. The summed E-state index contributed by atoms with van der Waals surface area (Å²) >= 11 is 1.45. The third-order valence-electron chi connectivity index (χ3n) is 2.47. The summed E-state index contributed by atoms with van der Waals surface area (Å²) in [5.41, 5.74) is 0. The lowest BCUT2D eigenvalue weighted by atomic mass is 10.3. The molecule has 0 radical (unpaired) electrons. The fourth-order valence-electron chi connectivity index (χ4n) is 1.56. The van der Waals surface area contributed by atoms with Gasteiger partial charge in [-0.1, -0.05) is 0 Å². The van der Waals surface area contributed by atoms with Crippen molar-refractivity contribution in [1.82, 2.24) is 15.0 Å². The van der Waals surface area contributed by atoms with Gasteiger partial charge in [-0.15, -0.1) is 0 Å². The van der Waals surface area contributed by atoms with E-state index in [1.165, 1.54) is 11.8 Å². The Balaban J connectivity index is 2.20. The highest BCUT2D eigenvalue weighted by atomic mass is 32.2. The van der Waals surface area contributed by atoms with Gasteiger partial charge >= 0.3 is 6.01 Å². The van der Waals surface area contributed by atoms with E-state index in [2.05, 4.69) is 20.3 Å². The van der Waals surface area contributed by atoms with E-state index >= 15 is 0 Å². The van der Waals surface area contributed by atoms with E-state index in [9.17, 15) is 0 Å². The number of aromatic nitrogens is 3. The zero-order valence-electron chi connectivity index (χ0n) is 12.3. The molecule has 0 spiro atoms. The summed E-state index contributed by atoms with van der Waals surface area (Å²) in [6.07, 6.45) is 0. The van der Waals surface area contributed by atoms with Gasteiger partial charge in [0.05, 0.1) is 13.7 Å². The van der Waals surface area contributed by atoms with Gasteiger partial charge in [0.25, 0.3) is 0 Å². The predicted octanol–water partition coefficient (Wildman–Crippen LogP) is 2.86. The van der Waals surface area contributed by atoms with Crippen LogP contribution in [0.15, 0.2) is 34.3 Å². The molecule has 0 amide bonds. The van der Waals surface area contributed by atoms with Crippen molar-refractivity contribution in [3.8, 4) is 11.8 Å². The maximum atomic E-state index is 5.37. The monoisotopic (exact) mass is 306 g/mol. The molecule has 0 atom stereocenters. The molecule has 0 saturated carbocycles. The molecule has 2 aromatic rings. The summed E-state index contributed by atoms with van der Waals surface area (Å²) in [4.78, 5) is 13.9. The number of anilines is 1. The lowest BCUT2D eigenvalue weighted by Gasteiger charge is -2.07. The van der Waals surface area contributed by atoms with E-state index in [4.69, 9.17) is 9.47 Å². The molecule has 1 aromatic carbocycles. The lowest BCUT2D eigenvalue weighted by Crippen LogP contribution is -2.07. The number of nitrogens with one attached hydrogen (secondary N) is 1. The molecule has 0 aliphatic heterocycles. The number of benzene rings is 1. The Labute approximate surface area is 128 Å². The van der Waals surface area contributed by atoms with Gasteiger partial charge in [0.1, 0.15) is 5.75 Å². The topological polar surface area (TPSA) is 69.2 Å². The molecule has 1 heterocycles. The number of hydrogen-bond acceptors (Lipinski definition) is 7. The normalized spacial score (nSPS) is 10.2. The fourth-order valence-corrected chi connectivity index (χ4v) is 2.30. The van der Waals surface area contributed by atoms with Gasteiger partial charge in [-0.2, -0.15) is 15.0 Å². The van der Waals surface area contributed by atoms with Crippen molar-refractivity contribution in [3.05, 3.63) is 24.3 Å².